The molecular weight excluding hydrogens is 154 g/mol. The SMILES string of the molecule is CCCNc1cccc([S])c1. The van der Waals surface area contributed by atoms with E-state index in [1.165, 1.54) is 0 Å². The van der Waals surface area contributed by atoms with Gasteiger partial charge in [-0.25, -0.2) is 0 Å². The van der Waals surface area contributed by atoms with Crippen molar-refractivity contribution in [3.8, 4) is 0 Å². The summed E-state index contributed by atoms with van der Waals surface area (Å²) in [4.78, 5) is 0.895. The summed E-state index contributed by atoms with van der Waals surface area (Å²) in [6.07, 6.45) is 1.14. The van der Waals surface area contributed by atoms with Crippen LogP contribution >= 0.6 is 12.6 Å². The maximum atomic E-state index is 5.01. The van der Waals surface area contributed by atoms with Crippen molar-refractivity contribution in [2.75, 3.05) is 11.9 Å². The van der Waals surface area contributed by atoms with Crippen LogP contribution in [-0.2, 0) is 0 Å². The van der Waals surface area contributed by atoms with Crippen molar-refractivity contribution in [1.82, 2.24) is 0 Å². The van der Waals surface area contributed by atoms with Gasteiger partial charge in [0.2, 0.25) is 0 Å². The molecule has 0 unspecified atom stereocenters. The molecule has 0 aliphatic carbocycles. The highest BCUT2D eigenvalue weighted by Gasteiger charge is 1.90. The fraction of sp³-hybridized carbons (Fsp3) is 0.333. The van der Waals surface area contributed by atoms with Crippen molar-refractivity contribution < 1.29 is 0 Å². The first kappa shape index (κ1) is 8.34. The Morgan fingerprint density at radius 1 is 1.45 bits per heavy atom. The van der Waals surface area contributed by atoms with Crippen molar-refractivity contribution in [3.05, 3.63) is 24.3 Å². The molecule has 0 heterocycles. The van der Waals surface area contributed by atoms with Crippen LogP contribution in [0.25, 0.3) is 0 Å². The molecule has 0 saturated heterocycles. The summed E-state index contributed by atoms with van der Waals surface area (Å²) in [5.74, 6) is 0. The summed E-state index contributed by atoms with van der Waals surface area (Å²) in [7, 11) is 0. The van der Waals surface area contributed by atoms with Crippen molar-refractivity contribution in [1.29, 1.82) is 0 Å². The lowest BCUT2D eigenvalue weighted by atomic mass is 10.3. The third kappa shape index (κ3) is 2.76. The van der Waals surface area contributed by atoms with Crippen LogP contribution in [0.1, 0.15) is 13.3 Å². The van der Waals surface area contributed by atoms with Gasteiger partial charge in [-0.15, -0.1) is 0 Å². The summed E-state index contributed by atoms with van der Waals surface area (Å²) in [6.45, 7) is 3.16. The molecule has 1 aromatic rings. The van der Waals surface area contributed by atoms with Crippen molar-refractivity contribution >= 4 is 18.3 Å². The molecule has 59 valence electrons. The Balaban J connectivity index is 2.56. The third-order valence-corrected chi connectivity index (χ3v) is 1.67. The molecule has 1 aromatic carbocycles. The van der Waals surface area contributed by atoms with Gasteiger partial charge in [0.25, 0.3) is 0 Å². The first-order valence-corrected chi connectivity index (χ1v) is 4.24. The topological polar surface area (TPSA) is 12.0 Å². The lowest BCUT2D eigenvalue weighted by Crippen LogP contribution is -1.98. The van der Waals surface area contributed by atoms with Gasteiger partial charge in [0, 0.05) is 17.1 Å². The van der Waals surface area contributed by atoms with Crippen LogP contribution in [0, 0.1) is 0 Å². The van der Waals surface area contributed by atoms with E-state index in [0.717, 1.165) is 23.5 Å². The van der Waals surface area contributed by atoms with E-state index in [4.69, 9.17) is 12.6 Å². The third-order valence-electron chi connectivity index (χ3n) is 1.41. The van der Waals surface area contributed by atoms with Crippen LogP contribution in [0.4, 0.5) is 5.69 Å². The van der Waals surface area contributed by atoms with E-state index in [9.17, 15) is 0 Å². The zero-order valence-electron chi connectivity index (χ0n) is 6.63. The minimum Gasteiger partial charge on any atom is -0.385 e. The zero-order chi connectivity index (χ0) is 8.10. The number of nitrogens with one attached hydrogen (secondary N) is 1. The molecule has 0 bridgehead atoms. The van der Waals surface area contributed by atoms with Gasteiger partial charge in [0.15, 0.2) is 0 Å². The van der Waals surface area contributed by atoms with Gasteiger partial charge in [-0.2, -0.15) is 0 Å². The van der Waals surface area contributed by atoms with Gasteiger partial charge in [-0.05, 0) is 24.6 Å². The van der Waals surface area contributed by atoms with Crippen molar-refractivity contribution in [3.63, 3.8) is 0 Å². The summed E-state index contributed by atoms with van der Waals surface area (Å²) in [5, 5.41) is 3.27. The summed E-state index contributed by atoms with van der Waals surface area (Å²) in [6, 6.07) is 7.91. The van der Waals surface area contributed by atoms with Gasteiger partial charge in [-0.1, -0.05) is 25.6 Å². The predicted molar refractivity (Wildman–Crippen MR) is 51.1 cm³/mol. The Hall–Kier alpha value is -0.760. The zero-order valence-corrected chi connectivity index (χ0v) is 7.45. The molecule has 0 aliphatic rings. The predicted octanol–water partition coefficient (Wildman–Crippen LogP) is 3.06. The van der Waals surface area contributed by atoms with Crippen LogP contribution in [0.3, 0.4) is 0 Å². The standard InChI is InChI=1S/C9H12NS/c1-2-6-10-8-4-3-5-9(11)7-8/h3-5,7,10H,2,6H2,1H3. The Morgan fingerprint density at radius 2 is 2.27 bits per heavy atom. The number of anilines is 1. The molecule has 0 saturated carbocycles. The maximum Gasteiger partial charge on any atom is 0.0397 e. The van der Waals surface area contributed by atoms with Crippen molar-refractivity contribution in [2.45, 2.75) is 18.2 Å². The molecule has 0 aliphatic heterocycles. The van der Waals surface area contributed by atoms with Gasteiger partial charge < -0.3 is 5.32 Å². The maximum absolute atomic E-state index is 5.01. The van der Waals surface area contributed by atoms with Crippen LogP contribution < -0.4 is 5.32 Å². The Labute approximate surface area is 73.2 Å². The first-order chi connectivity index (χ1) is 5.33. The fourth-order valence-corrected chi connectivity index (χ4v) is 1.08. The van der Waals surface area contributed by atoms with Gasteiger partial charge in [-0.3, -0.25) is 0 Å². The van der Waals surface area contributed by atoms with Crippen LogP contribution in [0.5, 0.6) is 0 Å². The summed E-state index contributed by atoms with van der Waals surface area (Å²) >= 11 is 5.01. The van der Waals surface area contributed by atoms with E-state index in [1.807, 2.05) is 24.3 Å². The first-order valence-electron chi connectivity index (χ1n) is 3.84. The molecule has 1 radical (unpaired) electrons. The molecule has 1 N–H and O–H groups in total. The van der Waals surface area contributed by atoms with Crippen LogP contribution in [0.15, 0.2) is 29.2 Å². The monoisotopic (exact) mass is 166 g/mol. The number of benzene rings is 1. The quantitative estimate of drug-likeness (QED) is 0.727. The molecular formula is C9H12NS. The lowest BCUT2D eigenvalue weighted by molar-refractivity contribution is 0.979. The molecule has 1 nitrogen and oxygen atoms in total. The number of rotatable bonds is 3. The molecule has 0 spiro atoms. The molecule has 0 amide bonds. The Kier molecular flexibility index (Phi) is 3.17. The van der Waals surface area contributed by atoms with Gasteiger partial charge in [0.05, 0.1) is 0 Å². The van der Waals surface area contributed by atoms with Crippen molar-refractivity contribution in [2.24, 2.45) is 0 Å². The molecule has 0 aromatic heterocycles. The average Bonchev–Trinajstić information content (AvgIpc) is 2.01. The van der Waals surface area contributed by atoms with E-state index in [1.54, 1.807) is 0 Å². The second kappa shape index (κ2) is 4.19. The van der Waals surface area contributed by atoms with E-state index in [2.05, 4.69) is 12.2 Å². The van der Waals surface area contributed by atoms with Crippen LogP contribution in [0.2, 0.25) is 0 Å². The highest BCUT2D eigenvalue weighted by atomic mass is 32.1. The largest absolute Gasteiger partial charge is 0.385 e. The minimum atomic E-state index is 0.895. The van der Waals surface area contributed by atoms with Gasteiger partial charge in [0.1, 0.15) is 0 Å². The summed E-state index contributed by atoms with van der Waals surface area (Å²) < 4.78 is 0. The second-order valence-corrected chi connectivity index (χ2v) is 2.93. The van der Waals surface area contributed by atoms with E-state index >= 15 is 0 Å². The van der Waals surface area contributed by atoms with E-state index < -0.39 is 0 Å². The summed E-state index contributed by atoms with van der Waals surface area (Å²) in [5.41, 5.74) is 1.12. The number of hydrogen-bond acceptors (Lipinski definition) is 1. The van der Waals surface area contributed by atoms with E-state index in [-0.39, 0.29) is 0 Å². The molecule has 1 rings (SSSR count). The second-order valence-electron chi connectivity index (χ2n) is 2.45. The molecule has 0 fully saturated rings. The van der Waals surface area contributed by atoms with Gasteiger partial charge >= 0.3 is 0 Å². The van der Waals surface area contributed by atoms with Crippen LogP contribution in [-0.4, -0.2) is 6.54 Å². The Bertz CT molecular complexity index is 223. The minimum absolute atomic E-state index is 0.895. The fourth-order valence-electron chi connectivity index (χ4n) is 0.875. The lowest BCUT2D eigenvalue weighted by Gasteiger charge is -2.03. The Morgan fingerprint density at radius 3 is 2.91 bits per heavy atom. The molecule has 11 heavy (non-hydrogen) atoms. The highest BCUT2D eigenvalue weighted by Crippen LogP contribution is 2.12. The normalized spacial score (nSPS) is 9.55. The molecule has 2 heteroatoms. The molecule has 0 atom stereocenters. The highest BCUT2D eigenvalue weighted by molar-refractivity contribution is 7.80. The number of hydrogen-bond donors (Lipinski definition) is 1. The average molecular weight is 166 g/mol. The smallest absolute Gasteiger partial charge is 0.0397 e. The van der Waals surface area contributed by atoms with E-state index in [0.29, 0.717) is 0 Å².